The number of hydrogen-bond donors (Lipinski definition) is 1. The fourth-order valence-corrected chi connectivity index (χ4v) is 1.11. The maximum absolute atomic E-state index is 12.9. The highest BCUT2D eigenvalue weighted by Gasteiger charge is 2.35. The zero-order valence-electron chi connectivity index (χ0n) is 7.65. The summed E-state index contributed by atoms with van der Waals surface area (Å²) in [5.41, 5.74) is 3.09. The number of hydrogen-bond acceptors (Lipinski definition) is 2. The van der Waals surface area contributed by atoms with E-state index in [1.807, 2.05) is 0 Å². The van der Waals surface area contributed by atoms with E-state index in [0.717, 1.165) is 6.92 Å². The molecule has 1 aromatic rings. The Morgan fingerprint density at radius 2 is 1.87 bits per heavy atom. The van der Waals surface area contributed by atoms with Crippen LogP contribution in [0.1, 0.15) is 22.8 Å². The zero-order chi connectivity index (χ0) is 11.8. The lowest BCUT2D eigenvalue weighted by Crippen LogP contribution is -2.11. The van der Waals surface area contributed by atoms with Gasteiger partial charge in [0.1, 0.15) is 5.82 Å². The van der Waals surface area contributed by atoms with E-state index < -0.39 is 23.3 Å². The van der Waals surface area contributed by atoms with E-state index >= 15 is 0 Å². The fraction of sp³-hybridized carbons (Fsp3) is 0.222. The molecule has 2 N–H and O–H groups in total. The Hall–Kier alpha value is -1.59. The molecule has 0 heterocycles. The maximum Gasteiger partial charge on any atom is 0.419 e. The standard InChI is InChI=1S/C9H7F4NO/c1-4(15)5-2-6(9(11,12)13)7(10)3-8(5)14/h2-3H,14H2,1H3. The maximum atomic E-state index is 12.9. The number of ketones is 1. The van der Waals surface area contributed by atoms with Gasteiger partial charge in [0.05, 0.1) is 5.56 Å². The highest BCUT2D eigenvalue weighted by Crippen LogP contribution is 2.33. The lowest BCUT2D eigenvalue weighted by atomic mass is 10.0. The molecule has 0 radical (unpaired) electrons. The summed E-state index contributed by atoms with van der Waals surface area (Å²) in [7, 11) is 0. The first kappa shape index (κ1) is 11.5. The predicted molar refractivity (Wildman–Crippen MR) is 45.8 cm³/mol. The van der Waals surface area contributed by atoms with Gasteiger partial charge in [-0.1, -0.05) is 0 Å². The molecule has 0 spiro atoms. The monoisotopic (exact) mass is 221 g/mol. The van der Waals surface area contributed by atoms with Crippen LogP contribution >= 0.6 is 0 Å². The molecular formula is C9H7F4NO. The first-order chi connectivity index (χ1) is 6.73. The normalized spacial score (nSPS) is 11.5. The molecule has 0 amide bonds. The summed E-state index contributed by atoms with van der Waals surface area (Å²) < 4.78 is 49.6. The highest BCUT2D eigenvalue weighted by atomic mass is 19.4. The topological polar surface area (TPSA) is 43.1 Å². The van der Waals surface area contributed by atoms with Gasteiger partial charge in [-0.2, -0.15) is 13.2 Å². The third-order valence-electron chi connectivity index (χ3n) is 1.82. The summed E-state index contributed by atoms with van der Waals surface area (Å²) in [6.07, 6.45) is -4.83. The molecule has 2 nitrogen and oxygen atoms in total. The van der Waals surface area contributed by atoms with Gasteiger partial charge in [-0.05, 0) is 19.1 Å². The van der Waals surface area contributed by atoms with E-state index in [0.29, 0.717) is 12.1 Å². The molecule has 82 valence electrons. The molecule has 0 saturated carbocycles. The quantitative estimate of drug-likeness (QED) is 0.450. The van der Waals surface area contributed by atoms with Gasteiger partial charge in [-0.25, -0.2) is 4.39 Å². The van der Waals surface area contributed by atoms with Crippen LogP contribution in [-0.4, -0.2) is 5.78 Å². The zero-order valence-corrected chi connectivity index (χ0v) is 7.65. The van der Waals surface area contributed by atoms with E-state index in [2.05, 4.69) is 0 Å². The van der Waals surface area contributed by atoms with Gasteiger partial charge in [0.25, 0.3) is 0 Å². The molecule has 0 unspecified atom stereocenters. The minimum absolute atomic E-state index is 0.298. The van der Waals surface area contributed by atoms with Crippen molar-refractivity contribution in [2.45, 2.75) is 13.1 Å². The third-order valence-corrected chi connectivity index (χ3v) is 1.82. The first-order valence-electron chi connectivity index (χ1n) is 3.90. The molecule has 0 atom stereocenters. The second kappa shape index (κ2) is 3.52. The molecule has 0 fully saturated rings. The van der Waals surface area contributed by atoms with Crippen molar-refractivity contribution in [3.63, 3.8) is 0 Å². The van der Waals surface area contributed by atoms with Crippen LogP contribution in [0.15, 0.2) is 12.1 Å². The lowest BCUT2D eigenvalue weighted by Gasteiger charge is -2.10. The molecule has 0 aromatic heterocycles. The number of alkyl halides is 3. The molecular weight excluding hydrogens is 214 g/mol. The van der Waals surface area contributed by atoms with Crippen molar-refractivity contribution in [1.82, 2.24) is 0 Å². The Kier molecular flexibility index (Phi) is 2.70. The van der Waals surface area contributed by atoms with E-state index in [4.69, 9.17) is 5.73 Å². The number of Topliss-reactive ketones (excluding diaryl/α,β-unsaturated/α-hetero) is 1. The molecule has 6 heteroatoms. The van der Waals surface area contributed by atoms with Gasteiger partial charge in [0.2, 0.25) is 0 Å². The van der Waals surface area contributed by atoms with E-state index in [1.54, 1.807) is 0 Å². The SMILES string of the molecule is CC(=O)c1cc(C(F)(F)F)c(F)cc1N. The molecule has 1 rings (SSSR count). The van der Waals surface area contributed by atoms with Crippen molar-refractivity contribution in [1.29, 1.82) is 0 Å². The molecule has 15 heavy (non-hydrogen) atoms. The summed E-state index contributed by atoms with van der Waals surface area (Å²) >= 11 is 0. The van der Waals surface area contributed by atoms with Crippen molar-refractivity contribution in [2.24, 2.45) is 0 Å². The number of anilines is 1. The summed E-state index contributed by atoms with van der Waals surface area (Å²) in [5.74, 6) is -2.12. The van der Waals surface area contributed by atoms with Gasteiger partial charge >= 0.3 is 6.18 Å². The van der Waals surface area contributed by atoms with Gasteiger partial charge < -0.3 is 5.73 Å². The minimum atomic E-state index is -4.83. The summed E-state index contributed by atoms with van der Waals surface area (Å²) in [6, 6.07) is 0.923. The number of rotatable bonds is 1. The number of carbonyl (C=O) groups is 1. The first-order valence-corrected chi connectivity index (χ1v) is 3.90. The molecule has 1 aromatic carbocycles. The Balaban J connectivity index is 3.43. The van der Waals surface area contributed by atoms with Crippen molar-refractivity contribution in [3.05, 3.63) is 29.1 Å². The van der Waals surface area contributed by atoms with Crippen LogP contribution < -0.4 is 5.73 Å². The van der Waals surface area contributed by atoms with Crippen molar-refractivity contribution in [3.8, 4) is 0 Å². The van der Waals surface area contributed by atoms with Crippen LogP contribution in [-0.2, 0) is 6.18 Å². The number of carbonyl (C=O) groups excluding carboxylic acids is 1. The van der Waals surface area contributed by atoms with Gasteiger partial charge in [-0.3, -0.25) is 4.79 Å². The molecule has 0 bridgehead atoms. The Bertz CT molecular complexity index is 411. The Morgan fingerprint density at radius 3 is 2.27 bits per heavy atom. The summed E-state index contributed by atoms with van der Waals surface area (Å²) in [6.45, 7) is 1.06. The number of halogens is 4. The molecule has 0 aliphatic heterocycles. The van der Waals surface area contributed by atoms with E-state index in [-0.39, 0.29) is 11.3 Å². The summed E-state index contributed by atoms with van der Waals surface area (Å²) in [4.78, 5) is 10.9. The second-order valence-corrected chi connectivity index (χ2v) is 2.97. The van der Waals surface area contributed by atoms with Crippen molar-refractivity contribution < 1.29 is 22.4 Å². The van der Waals surface area contributed by atoms with Crippen LogP contribution in [0.5, 0.6) is 0 Å². The molecule has 0 aliphatic carbocycles. The predicted octanol–water partition coefficient (Wildman–Crippen LogP) is 2.63. The molecule has 0 saturated heterocycles. The average Bonchev–Trinajstić information content (AvgIpc) is 2.00. The largest absolute Gasteiger partial charge is 0.419 e. The van der Waals surface area contributed by atoms with Gasteiger partial charge in [0.15, 0.2) is 5.78 Å². The Labute approximate surface area is 82.7 Å². The Morgan fingerprint density at radius 1 is 1.33 bits per heavy atom. The second-order valence-electron chi connectivity index (χ2n) is 2.97. The number of nitrogen functional groups attached to an aromatic ring is 1. The van der Waals surface area contributed by atoms with Gasteiger partial charge in [-0.15, -0.1) is 0 Å². The fourth-order valence-electron chi connectivity index (χ4n) is 1.11. The van der Waals surface area contributed by atoms with E-state index in [1.165, 1.54) is 0 Å². The van der Waals surface area contributed by atoms with Crippen LogP contribution in [0.3, 0.4) is 0 Å². The van der Waals surface area contributed by atoms with E-state index in [9.17, 15) is 22.4 Å². The molecule has 0 aliphatic rings. The number of benzene rings is 1. The van der Waals surface area contributed by atoms with Crippen molar-refractivity contribution in [2.75, 3.05) is 5.73 Å². The lowest BCUT2D eigenvalue weighted by molar-refractivity contribution is -0.139. The summed E-state index contributed by atoms with van der Waals surface area (Å²) in [5, 5.41) is 0. The number of nitrogens with two attached hydrogens (primary N) is 1. The highest BCUT2D eigenvalue weighted by molar-refractivity contribution is 5.99. The van der Waals surface area contributed by atoms with Crippen LogP contribution in [0, 0.1) is 5.82 Å². The van der Waals surface area contributed by atoms with Crippen LogP contribution in [0.4, 0.5) is 23.2 Å². The average molecular weight is 221 g/mol. The van der Waals surface area contributed by atoms with Crippen LogP contribution in [0.25, 0.3) is 0 Å². The minimum Gasteiger partial charge on any atom is -0.398 e. The van der Waals surface area contributed by atoms with Crippen LogP contribution in [0.2, 0.25) is 0 Å². The van der Waals surface area contributed by atoms with Gasteiger partial charge in [0, 0.05) is 11.3 Å². The van der Waals surface area contributed by atoms with Crippen molar-refractivity contribution >= 4 is 11.5 Å². The third kappa shape index (κ3) is 2.26. The smallest absolute Gasteiger partial charge is 0.398 e.